The molecule has 0 aromatic carbocycles. The second kappa shape index (κ2) is 3.53. The van der Waals surface area contributed by atoms with Crippen LogP contribution >= 0.6 is 11.5 Å². The first-order chi connectivity index (χ1) is 5.70. The van der Waals surface area contributed by atoms with Gasteiger partial charge in [0.25, 0.3) is 0 Å². The number of carbonyl (C=O) groups excluding carboxylic acids is 1. The van der Waals surface area contributed by atoms with Crippen LogP contribution in [0.2, 0.25) is 0 Å². The zero-order chi connectivity index (χ0) is 9.14. The number of nitrogens with two attached hydrogens (primary N) is 1. The van der Waals surface area contributed by atoms with Crippen molar-refractivity contribution in [3.05, 3.63) is 10.4 Å². The number of ether oxygens (including phenoxy) is 1. The van der Waals surface area contributed by atoms with E-state index in [4.69, 9.17) is 5.73 Å². The van der Waals surface area contributed by atoms with Gasteiger partial charge in [-0.3, -0.25) is 0 Å². The SMILES string of the molecule is CCc1c(N)nsc1C(=O)OC. The van der Waals surface area contributed by atoms with Crippen molar-refractivity contribution in [2.75, 3.05) is 12.8 Å². The fourth-order valence-electron chi connectivity index (χ4n) is 0.916. The van der Waals surface area contributed by atoms with Crippen LogP contribution in [0, 0.1) is 0 Å². The summed E-state index contributed by atoms with van der Waals surface area (Å²) in [6, 6.07) is 0. The zero-order valence-corrected chi connectivity index (χ0v) is 7.77. The molecule has 1 rings (SSSR count). The molecule has 0 aliphatic carbocycles. The van der Waals surface area contributed by atoms with Crippen molar-refractivity contribution >= 4 is 23.3 Å². The molecule has 1 heterocycles. The van der Waals surface area contributed by atoms with E-state index in [1.54, 1.807) is 0 Å². The first-order valence-electron chi connectivity index (χ1n) is 3.53. The largest absolute Gasteiger partial charge is 0.465 e. The molecule has 0 aliphatic rings. The highest BCUT2D eigenvalue weighted by Crippen LogP contribution is 2.21. The van der Waals surface area contributed by atoms with Gasteiger partial charge in [-0.05, 0) is 18.0 Å². The summed E-state index contributed by atoms with van der Waals surface area (Å²) in [5, 5.41) is 0. The lowest BCUT2D eigenvalue weighted by Gasteiger charge is -1.97. The van der Waals surface area contributed by atoms with Crippen molar-refractivity contribution < 1.29 is 9.53 Å². The summed E-state index contributed by atoms with van der Waals surface area (Å²) in [5.74, 6) is 0.0731. The highest BCUT2D eigenvalue weighted by Gasteiger charge is 2.16. The first-order valence-corrected chi connectivity index (χ1v) is 4.30. The van der Waals surface area contributed by atoms with Crippen molar-refractivity contribution in [1.29, 1.82) is 0 Å². The Morgan fingerprint density at radius 3 is 2.92 bits per heavy atom. The highest BCUT2D eigenvalue weighted by atomic mass is 32.1. The van der Waals surface area contributed by atoms with Crippen LogP contribution in [0.1, 0.15) is 22.2 Å². The van der Waals surface area contributed by atoms with Gasteiger partial charge in [0, 0.05) is 5.56 Å². The number of nitrogen functional groups attached to an aromatic ring is 1. The minimum Gasteiger partial charge on any atom is -0.465 e. The molecule has 0 atom stereocenters. The molecule has 0 spiro atoms. The number of hydrogen-bond donors (Lipinski definition) is 1. The molecule has 0 aliphatic heterocycles. The predicted molar refractivity (Wildman–Crippen MR) is 47.2 cm³/mol. The Kier molecular flexibility index (Phi) is 2.65. The van der Waals surface area contributed by atoms with E-state index in [-0.39, 0.29) is 5.97 Å². The summed E-state index contributed by atoms with van der Waals surface area (Å²) in [6.07, 6.45) is 0.701. The highest BCUT2D eigenvalue weighted by molar-refractivity contribution is 7.08. The number of rotatable bonds is 2. The Morgan fingerprint density at radius 1 is 1.75 bits per heavy atom. The van der Waals surface area contributed by atoms with Gasteiger partial charge in [0.1, 0.15) is 10.7 Å². The van der Waals surface area contributed by atoms with Gasteiger partial charge >= 0.3 is 5.97 Å². The van der Waals surface area contributed by atoms with Crippen LogP contribution in [-0.2, 0) is 11.2 Å². The van der Waals surface area contributed by atoms with Crippen LogP contribution in [0.4, 0.5) is 5.82 Å². The maximum Gasteiger partial charge on any atom is 0.350 e. The molecule has 0 radical (unpaired) electrons. The van der Waals surface area contributed by atoms with Crippen LogP contribution in [0.25, 0.3) is 0 Å². The molecule has 12 heavy (non-hydrogen) atoms. The standard InChI is InChI=1S/C7H10N2O2S/c1-3-4-5(7(10)11-2)12-9-6(4)8/h3H2,1-2H3,(H2,8,9). The van der Waals surface area contributed by atoms with Gasteiger partial charge < -0.3 is 10.5 Å². The van der Waals surface area contributed by atoms with Crippen LogP contribution in [-0.4, -0.2) is 17.5 Å². The number of carbonyl (C=O) groups is 1. The lowest BCUT2D eigenvalue weighted by atomic mass is 10.2. The second-order valence-electron chi connectivity index (χ2n) is 2.22. The fourth-order valence-corrected chi connectivity index (χ4v) is 1.73. The van der Waals surface area contributed by atoms with E-state index in [2.05, 4.69) is 9.11 Å². The van der Waals surface area contributed by atoms with E-state index in [1.807, 2.05) is 6.92 Å². The molecule has 0 fully saturated rings. The van der Waals surface area contributed by atoms with Gasteiger partial charge in [-0.2, -0.15) is 4.37 Å². The minimum absolute atomic E-state index is 0.360. The average Bonchev–Trinajstić information content (AvgIpc) is 2.45. The molecule has 0 unspecified atom stereocenters. The number of hydrogen-bond acceptors (Lipinski definition) is 5. The molecular formula is C7H10N2O2S. The molecular weight excluding hydrogens is 176 g/mol. The molecule has 66 valence electrons. The van der Waals surface area contributed by atoms with E-state index < -0.39 is 0 Å². The molecule has 5 heteroatoms. The molecule has 0 amide bonds. The smallest absolute Gasteiger partial charge is 0.350 e. The van der Waals surface area contributed by atoms with Gasteiger partial charge in [0.15, 0.2) is 0 Å². The van der Waals surface area contributed by atoms with E-state index in [0.717, 1.165) is 17.1 Å². The Labute approximate surface area is 74.5 Å². The van der Waals surface area contributed by atoms with Crippen molar-refractivity contribution in [1.82, 2.24) is 4.37 Å². The summed E-state index contributed by atoms with van der Waals surface area (Å²) in [6.45, 7) is 1.92. The topological polar surface area (TPSA) is 65.2 Å². The normalized spacial score (nSPS) is 9.83. The Bertz CT molecular complexity index is 296. The zero-order valence-electron chi connectivity index (χ0n) is 6.96. The number of methoxy groups -OCH3 is 1. The van der Waals surface area contributed by atoms with Gasteiger partial charge in [-0.1, -0.05) is 6.92 Å². The monoisotopic (exact) mass is 186 g/mol. The van der Waals surface area contributed by atoms with E-state index in [1.165, 1.54) is 7.11 Å². The Morgan fingerprint density at radius 2 is 2.42 bits per heavy atom. The summed E-state index contributed by atoms with van der Waals surface area (Å²) < 4.78 is 8.44. The van der Waals surface area contributed by atoms with E-state index >= 15 is 0 Å². The predicted octanol–water partition coefficient (Wildman–Crippen LogP) is 1.07. The Balaban J connectivity index is 3.07. The lowest BCUT2D eigenvalue weighted by Crippen LogP contribution is -2.02. The maximum atomic E-state index is 11.1. The number of aromatic nitrogens is 1. The molecule has 0 bridgehead atoms. The van der Waals surface area contributed by atoms with Crippen molar-refractivity contribution in [3.63, 3.8) is 0 Å². The van der Waals surface area contributed by atoms with Crippen LogP contribution in [0.15, 0.2) is 0 Å². The number of esters is 1. The van der Waals surface area contributed by atoms with Crippen molar-refractivity contribution in [3.8, 4) is 0 Å². The van der Waals surface area contributed by atoms with Crippen LogP contribution < -0.4 is 5.73 Å². The van der Waals surface area contributed by atoms with Crippen LogP contribution in [0.5, 0.6) is 0 Å². The van der Waals surface area contributed by atoms with Crippen molar-refractivity contribution in [2.24, 2.45) is 0 Å². The van der Waals surface area contributed by atoms with E-state index in [9.17, 15) is 4.79 Å². The molecule has 1 aromatic rings. The summed E-state index contributed by atoms with van der Waals surface area (Å²) in [4.78, 5) is 11.6. The fraction of sp³-hybridized carbons (Fsp3) is 0.429. The Hall–Kier alpha value is -1.10. The van der Waals surface area contributed by atoms with Crippen molar-refractivity contribution in [2.45, 2.75) is 13.3 Å². The molecule has 0 saturated carbocycles. The number of anilines is 1. The molecule has 2 N–H and O–H groups in total. The minimum atomic E-state index is -0.360. The van der Waals surface area contributed by atoms with E-state index in [0.29, 0.717) is 17.1 Å². The third kappa shape index (κ3) is 1.40. The lowest BCUT2D eigenvalue weighted by molar-refractivity contribution is 0.0605. The van der Waals surface area contributed by atoms with Gasteiger partial charge in [0.05, 0.1) is 7.11 Å². The molecule has 4 nitrogen and oxygen atoms in total. The quantitative estimate of drug-likeness (QED) is 0.702. The maximum absolute atomic E-state index is 11.1. The molecule has 0 saturated heterocycles. The van der Waals surface area contributed by atoms with Gasteiger partial charge in [0.2, 0.25) is 0 Å². The summed E-state index contributed by atoms with van der Waals surface area (Å²) >= 11 is 1.08. The first kappa shape index (κ1) is 8.99. The average molecular weight is 186 g/mol. The third-order valence-corrected chi connectivity index (χ3v) is 2.43. The second-order valence-corrected chi connectivity index (χ2v) is 2.99. The number of nitrogens with zero attached hydrogens (tertiary/aromatic N) is 1. The summed E-state index contributed by atoms with van der Waals surface area (Å²) in [5.41, 5.74) is 6.32. The summed E-state index contributed by atoms with van der Waals surface area (Å²) in [7, 11) is 1.34. The third-order valence-electron chi connectivity index (χ3n) is 1.54. The van der Waals surface area contributed by atoms with Gasteiger partial charge in [-0.15, -0.1) is 0 Å². The van der Waals surface area contributed by atoms with Crippen LogP contribution in [0.3, 0.4) is 0 Å². The molecule has 1 aromatic heterocycles. The van der Waals surface area contributed by atoms with Gasteiger partial charge in [-0.25, -0.2) is 4.79 Å².